The number of aromatic nitrogens is 2. The molecule has 1 aromatic heterocycles. The van der Waals surface area contributed by atoms with E-state index in [2.05, 4.69) is 27.8 Å². The van der Waals surface area contributed by atoms with Gasteiger partial charge < -0.3 is 15.4 Å². The number of ether oxygens (including phenoxy) is 1. The molecule has 0 aliphatic carbocycles. The van der Waals surface area contributed by atoms with Crippen molar-refractivity contribution in [3.8, 4) is 0 Å². The number of rotatable bonds is 4. The van der Waals surface area contributed by atoms with Crippen LogP contribution in [0.4, 0.5) is 5.82 Å². The van der Waals surface area contributed by atoms with Gasteiger partial charge in [-0.05, 0) is 38.8 Å². The van der Waals surface area contributed by atoms with E-state index in [1.165, 1.54) is 0 Å². The number of amides is 1. The maximum absolute atomic E-state index is 11.5. The minimum atomic E-state index is -0.193. The summed E-state index contributed by atoms with van der Waals surface area (Å²) in [6.07, 6.45) is 2.19. The Morgan fingerprint density at radius 3 is 2.95 bits per heavy atom. The van der Waals surface area contributed by atoms with E-state index in [-0.39, 0.29) is 12.0 Å². The van der Waals surface area contributed by atoms with Crippen molar-refractivity contribution in [2.75, 3.05) is 18.5 Å². The van der Waals surface area contributed by atoms with E-state index in [0.717, 1.165) is 19.4 Å². The Morgan fingerprint density at radius 1 is 1.47 bits per heavy atom. The van der Waals surface area contributed by atoms with Gasteiger partial charge in [0.25, 0.3) is 5.91 Å². The van der Waals surface area contributed by atoms with E-state index in [1.807, 2.05) is 6.92 Å². The summed E-state index contributed by atoms with van der Waals surface area (Å²) in [5, 5.41) is 14.0. The van der Waals surface area contributed by atoms with Gasteiger partial charge in [-0.2, -0.15) is 0 Å². The summed E-state index contributed by atoms with van der Waals surface area (Å²) in [6.45, 7) is 5.29. The monoisotopic (exact) mass is 264 g/mol. The highest BCUT2D eigenvalue weighted by Gasteiger charge is 2.19. The topological polar surface area (TPSA) is 76.1 Å². The SMILES string of the molecule is CCNC(=O)c1ccc(NC2CCOC(C)C2)nn1. The Labute approximate surface area is 112 Å². The van der Waals surface area contributed by atoms with E-state index in [0.29, 0.717) is 24.1 Å². The lowest BCUT2D eigenvalue weighted by molar-refractivity contribution is 0.0231. The molecule has 1 aromatic rings. The maximum Gasteiger partial charge on any atom is 0.271 e. The fraction of sp³-hybridized carbons (Fsp3) is 0.615. The van der Waals surface area contributed by atoms with Crippen LogP contribution < -0.4 is 10.6 Å². The Kier molecular flexibility index (Phi) is 4.68. The van der Waals surface area contributed by atoms with Crippen LogP contribution in [0.2, 0.25) is 0 Å². The second-order valence-electron chi connectivity index (χ2n) is 4.71. The smallest absolute Gasteiger partial charge is 0.271 e. The highest BCUT2D eigenvalue weighted by Crippen LogP contribution is 2.17. The second kappa shape index (κ2) is 6.47. The first kappa shape index (κ1) is 13.7. The number of nitrogens with one attached hydrogen (secondary N) is 2. The van der Waals surface area contributed by atoms with Gasteiger partial charge in [0.05, 0.1) is 6.10 Å². The average molecular weight is 264 g/mol. The van der Waals surface area contributed by atoms with Crippen molar-refractivity contribution in [2.45, 2.75) is 38.8 Å². The van der Waals surface area contributed by atoms with Crippen LogP contribution in [0.15, 0.2) is 12.1 Å². The maximum atomic E-state index is 11.5. The minimum absolute atomic E-state index is 0.193. The van der Waals surface area contributed by atoms with Gasteiger partial charge in [0.1, 0.15) is 5.82 Å². The van der Waals surface area contributed by atoms with Crippen molar-refractivity contribution in [1.29, 1.82) is 0 Å². The predicted octanol–water partition coefficient (Wildman–Crippen LogP) is 1.21. The number of hydrogen-bond acceptors (Lipinski definition) is 5. The third kappa shape index (κ3) is 3.89. The van der Waals surface area contributed by atoms with E-state index in [9.17, 15) is 4.79 Å². The van der Waals surface area contributed by atoms with Crippen LogP contribution in [-0.4, -0.2) is 41.4 Å². The molecule has 6 heteroatoms. The Balaban J connectivity index is 1.93. The van der Waals surface area contributed by atoms with Crippen LogP contribution in [0.1, 0.15) is 37.2 Å². The molecular formula is C13H20N4O2. The molecule has 2 rings (SSSR count). The summed E-state index contributed by atoms with van der Waals surface area (Å²) in [5.41, 5.74) is 0.341. The Morgan fingerprint density at radius 2 is 2.32 bits per heavy atom. The van der Waals surface area contributed by atoms with Crippen LogP contribution in [0.25, 0.3) is 0 Å². The number of nitrogens with zero attached hydrogens (tertiary/aromatic N) is 2. The number of hydrogen-bond donors (Lipinski definition) is 2. The molecular weight excluding hydrogens is 244 g/mol. The molecule has 1 aliphatic rings. The van der Waals surface area contributed by atoms with Gasteiger partial charge in [-0.1, -0.05) is 0 Å². The van der Waals surface area contributed by atoms with E-state index < -0.39 is 0 Å². The van der Waals surface area contributed by atoms with Crippen LogP contribution in [-0.2, 0) is 4.74 Å². The lowest BCUT2D eigenvalue weighted by Gasteiger charge is -2.28. The molecule has 104 valence electrons. The normalized spacial score (nSPS) is 22.8. The van der Waals surface area contributed by atoms with Crippen molar-refractivity contribution < 1.29 is 9.53 Å². The highest BCUT2D eigenvalue weighted by atomic mass is 16.5. The molecule has 2 heterocycles. The van der Waals surface area contributed by atoms with E-state index in [1.54, 1.807) is 12.1 Å². The Hall–Kier alpha value is -1.69. The van der Waals surface area contributed by atoms with Gasteiger partial charge in [0.15, 0.2) is 5.69 Å². The van der Waals surface area contributed by atoms with Crippen molar-refractivity contribution in [3.63, 3.8) is 0 Å². The first-order chi connectivity index (χ1) is 9.19. The molecule has 1 saturated heterocycles. The predicted molar refractivity (Wildman–Crippen MR) is 72.1 cm³/mol. The van der Waals surface area contributed by atoms with Crippen LogP contribution in [0.3, 0.4) is 0 Å². The largest absolute Gasteiger partial charge is 0.378 e. The summed E-state index contributed by atoms with van der Waals surface area (Å²) in [4.78, 5) is 11.5. The van der Waals surface area contributed by atoms with Gasteiger partial charge in [0.2, 0.25) is 0 Å². The minimum Gasteiger partial charge on any atom is -0.378 e. The van der Waals surface area contributed by atoms with E-state index >= 15 is 0 Å². The highest BCUT2D eigenvalue weighted by molar-refractivity contribution is 5.92. The van der Waals surface area contributed by atoms with Crippen LogP contribution in [0.5, 0.6) is 0 Å². The zero-order valence-electron chi connectivity index (χ0n) is 11.3. The lowest BCUT2D eigenvalue weighted by atomic mass is 10.0. The summed E-state index contributed by atoms with van der Waals surface area (Å²) in [5.74, 6) is 0.508. The molecule has 1 fully saturated rings. The summed E-state index contributed by atoms with van der Waals surface area (Å²) in [6, 6.07) is 3.83. The number of carbonyl (C=O) groups excluding carboxylic acids is 1. The molecule has 1 amide bonds. The molecule has 0 spiro atoms. The van der Waals surface area contributed by atoms with Gasteiger partial charge in [-0.25, -0.2) is 0 Å². The first-order valence-corrected chi connectivity index (χ1v) is 6.69. The zero-order chi connectivity index (χ0) is 13.7. The molecule has 1 aliphatic heterocycles. The fourth-order valence-corrected chi connectivity index (χ4v) is 2.12. The first-order valence-electron chi connectivity index (χ1n) is 6.69. The van der Waals surface area contributed by atoms with Gasteiger partial charge in [-0.3, -0.25) is 4.79 Å². The molecule has 6 nitrogen and oxygen atoms in total. The summed E-state index contributed by atoms with van der Waals surface area (Å²) in [7, 11) is 0. The fourth-order valence-electron chi connectivity index (χ4n) is 2.12. The van der Waals surface area contributed by atoms with Crippen LogP contribution in [0, 0.1) is 0 Å². The molecule has 2 N–H and O–H groups in total. The quantitative estimate of drug-likeness (QED) is 0.854. The van der Waals surface area contributed by atoms with Gasteiger partial charge >= 0.3 is 0 Å². The van der Waals surface area contributed by atoms with Crippen molar-refractivity contribution >= 4 is 11.7 Å². The number of carbonyl (C=O) groups is 1. The molecule has 2 unspecified atom stereocenters. The average Bonchev–Trinajstić information content (AvgIpc) is 2.40. The second-order valence-corrected chi connectivity index (χ2v) is 4.71. The van der Waals surface area contributed by atoms with Crippen molar-refractivity contribution in [2.24, 2.45) is 0 Å². The molecule has 2 atom stereocenters. The molecule has 19 heavy (non-hydrogen) atoms. The Bertz CT molecular complexity index is 421. The summed E-state index contributed by atoms with van der Waals surface area (Å²) < 4.78 is 5.49. The standard InChI is InChI=1S/C13H20N4O2/c1-3-14-13(18)11-4-5-12(17-16-11)15-10-6-7-19-9(2)8-10/h4-5,9-10H,3,6-8H2,1-2H3,(H,14,18)(H,15,17). The van der Waals surface area contributed by atoms with Crippen LogP contribution >= 0.6 is 0 Å². The molecule has 0 bridgehead atoms. The molecule has 0 aromatic carbocycles. The number of anilines is 1. The van der Waals surface area contributed by atoms with Crippen molar-refractivity contribution in [1.82, 2.24) is 15.5 Å². The third-order valence-corrected chi connectivity index (χ3v) is 3.07. The summed E-state index contributed by atoms with van der Waals surface area (Å²) >= 11 is 0. The molecule has 0 radical (unpaired) electrons. The molecule has 0 saturated carbocycles. The van der Waals surface area contributed by atoms with Crippen molar-refractivity contribution in [3.05, 3.63) is 17.8 Å². The van der Waals surface area contributed by atoms with E-state index in [4.69, 9.17) is 4.74 Å². The van der Waals surface area contributed by atoms with Gasteiger partial charge in [0, 0.05) is 19.2 Å². The zero-order valence-corrected chi connectivity index (χ0v) is 11.3. The lowest BCUT2D eigenvalue weighted by Crippen LogP contribution is -2.33. The van der Waals surface area contributed by atoms with Gasteiger partial charge in [-0.15, -0.1) is 10.2 Å². The third-order valence-electron chi connectivity index (χ3n) is 3.07.